The second-order valence-electron chi connectivity index (χ2n) is 21.3. The number of aromatic nitrogens is 2. The van der Waals surface area contributed by atoms with Crippen LogP contribution in [0.1, 0.15) is 105 Å². The molecule has 6 bridgehead atoms. The molecule has 7 rings (SSSR count). The number of hydrogen-bond donors (Lipinski definition) is 2. The number of amides is 3. The lowest BCUT2D eigenvalue weighted by atomic mass is 9.84. The maximum atomic E-state index is 14.7. The molecule has 0 saturated carbocycles. The number of carbonyl (C=O) groups excluding carboxylic acids is 4. The third-order valence-electron chi connectivity index (χ3n) is 14.7. The minimum atomic E-state index is -0.839. The number of cyclic esters (lactones) is 1. The molecule has 0 aliphatic carbocycles. The zero-order chi connectivity index (χ0) is 49.1. The van der Waals surface area contributed by atoms with Crippen LogP contribution in [0.3, 0.4) is 0 Å². The molecule has 0 radical (unpaired) electrons. The zero-order valence-electron chi connectivity index (χ0n) is 42.4. The minimum Gasteiger partial charge on any atom is -0.464 e. The van der Waals surface area contributed by atoms with E-state index >= 15 is 0 Å². The first kappa shape index (κ1) is 50.9. The smallest absolute Gasteiger partial charge is 0.324 e. The molecule has 3 aromatic rings. The number of rotatable bonds is 11. The van der Waals surface area contributed by atoms with Crippen molar-refractivity contribution < 1.29 is 33.4 Å². The Morgan fingerprint density at radius 3 is 2.53 bits per heavy atom. The number of fused-ring (bicyclic) bond motifs is 6. The van der Waals surface area contributed by atoms with Gasteiger partial charge in [0.25, 0.3) is 11.8 Å². The van der Waals surface area contributed by atoms with E-state index in [-0.39, 0.29) is 55.0 Å². The minimum absolute atomic E-state index is 0.0843. The molecule has 3 fully saturated rings. The molecule has 2 N–H and O–H groups in total. The van der Waals surface area contributed by atoms with Gasteiger partial charge >= 0.3 is 5.97 Å². The summed E-state index contributed by atoms with van der Waals surface area (Å²) in [6.45, 7) is 20.2. The van der Waals surface area contributed by atoms with Crippen molar-refractivity contribution >= 4 is 40.3 Å². The Kier molecular flexibility index (Phi) is 15.9. The van der Waals surface area contributed by atoms with Crippen LogP contribution in [0.25, 0.3) is 22.2 Å². The number of ether oxygens (including phenoxy) is 3. The van der Waals surface area contributed by atoms with Gasteiger partial charge in [-0.1, -0.05) is 33.6 Å². The fourth-order valence-electron chi connectivity index (χ4n) is 9.92. The highest BCUT2D eigenvalue weighted by molar-refractivity contribution is 5.95. The highest BCUT2D eigenvalue weighted by atomic mass is 16.5. The number of nitrogens with zero attached hydrogens (tertiary/aromatic N) is 6. The van der Waals surface area contributed by atoms with E-state index in [1.807, 2.05) is 65.9 Å². The van der Waals surface area contributed by atoms with Crippen molar-refractivity contribution in [3.05, 3.63) is 47.8 Å². The summed E-state index contributed by atoms with van der Waals surface area (Å²) in [5, 5.41) is 5.88. The van der Waals surface area contributed by atoms with Crippen LogP contribution in [0, 0.1) is 35.0 Å². The molecule has 0 spiro atoms. The van der Waals surface area contributed by atoms with E-state index in [4.69, 9.17) is 19.2 Å². The number of pyridine rings is 1. The SMILES string of the molecule is CCn1c(-c2cccnc2C(C)OC)c2c3cc(ccc31)N1CCC[C@@H](C[C@H](NC(=O)[C@@H](COC3CN(C(=O)C#CC(C)(C)N(C)C)C3)C(C)C)C(=O)N3CCC[C@H](N3)C(=O)OCC(C)(C)C2)C1. The van der Waals surface area contributed by atoms with Crippen molar-refractivity contribution in [3.8, 4) is 23.1 Å². The van der Waals surface area contributed by atoms with Gasteiger partial charge in [-0.15, -0.1) is 0 Å². The second-order valence-corrected chi connectivity index (χ2v) is 21.3. The van der Waals surface area contributed by atoms with Gasteiger partial charge in [0.05, 0.1) is 48.3 Å². The lowest BCUT2D eigenvalue weighted by Gasteiger charge is -2.39. The van der Waals surface area contributed by atoms with E-state index in [9.17, 15) is 19.2 Å². The van der Waals surface area contributed by atoms with Gasteiger partial charge in [-0.3, -0.25) is 34.1 Å². The van der Waals surface area contributed by atoms with Gasteiger partial charge in [0, 0.05) is 80.1 Å². The first-order valence-corrected chi connectivity index (χ1v) is 24.8. The second kappa shape index (κ2) is 21.3. The van der Waals surface area contributed by atoms with E-state index in [0.717, 1.165) is 66.0 Å². The molecule has 2 aromatic heterocycles. The molecule has 68 heavy (non-hydrogen) atoms. The molecule has 5 atom stereocenters. The van der Waals surface area contributed by atoms with Crippen LogP contribution >= 0.6 is 0 Å². The number of carbonyl (C=O) groups is 4. The number of methoxy groups -OCH3 is 1. The molecule has 4 aliphatic rings. The maximum Gasteiger partial charge on any atom is 0.324 e. The molecular formula is C53H76N8O7. The van der Waals surface area contributed by atoms with Crippen LogP contribution < -0.4 is 15.6 Å². The van der Waals surface area contributed by atoms with Gasteiger partial charge in [0.15, 0.2) is 0 Å². The van der Waals surface area contributed by atoms with Crippen LogP contribution in [0.4, 0.5) is 5.69 Å². The Morgan fingerprint density at radius 1 is 1.07 bits per heavy atom. The largest absolute Gasteiger partial charge is 0.464 e. The molecule has 370 valence electrons. The van der Waals surface area contributed by atoms with Gasteiger partial charge in [-0.05, 0) is 134 Å². The molecule has 15 nitrogen and oxygen atoms in total. The van der Waals surface area contributed by atoms with Gasteiger partial charge in [0.2, 0.25) is 5.91 Å². The Bertz CT molecular complexity index is 2380. The number of hydrogen-bond acceptors (Lipinski definition) is 11. The monoisotopic (exact) mass is 937 g/mol. The fourth-order valence-corrected chi connectivity index (χ4v) is 9.92. The van der Waals surface area contributed by atoms with Gasteiger partial charge < -0.3 is 33.9 Å². The molecule has 1 unspecified atom stereocenters. The first-order chi connectivity index (χ1) is 32.3. The molecule has 3 saturated heterocycles. The topological polar surface area (TPSA) is 151 Å². The van der Waals surface area contributed by atoms with Crippen molar-refractivity contribution in [1.29, 1.82) is 0 Å². The average molecular weight is 937 g/mol. The number of likely N-dealkylation sites (tertiary alicyclic amines) is 1. The molecule has 1 aromatic carbocycles. The third kappa shape index (κ3) is 11.4. The van der Waals surface area contributed by atoms with Gasteiger partial charge in [-0.25, -0.2) is 5.43 Å². The Morgan fingerprint density at radius 2 is 1.82 bits per heavy atom. The summed E-state index contributed by atoms with van der Waals surface area (Å²) < 4.78 is 20.6. The van der Waals surface area contributed by atoms with Crippen molar-refractivity contribution in [3.63, 3.8) is 0 Å². The Labute approximate surface area is 403 Å². The van der Waals surface area contributed by atoms with Crippen LogP contribution in [-0.2, 0) is 46.4 Å². The summed E-state index contributed by atoms with van der Waals surface area (Å²) in [4.78, 5) is 66.7. The highest BCUT2D eigenvalue weighted by Gasteiger charge is 2.39. The number of piperidine rings is 1. The van der Waals surface area contributed by atoms with E-state index < -0.39 is 34.9 Å². The molecule has 6 heterocycles. The number of hydrazine groups is 1. The van der Waals surface area contributed by atoms with Crippen molar-refractivity contribution in [2.75, 3.05) is 72.0 Å². The third-order valence-corrected chi connectivity index (χ3v) is 14.7. The van der Waals surface area contributed by atoms with Gasteiger partial charge in [-0.2, -0.15) is 0 Å². The molecule has 15 heteroatoms. The summed E-state index contributed by atoms with van der Waals surface area (Å²) in [6.07, 6.45) is 5.42. The lowest BCUT2D eigenvalue weighted by Crippen LogP contribution is -2.61. The standard InChI is InChI=1S/C53H76N8O7/c1-12-60-45-20-19-37-27-40(45)41(48(60)39-17-13-23-54-47(39)35(4)66-11)28-52(5,6)33-68-51(65)43-18-15-25-61(56-43)50(64)44(26-36-16-14-24-58(37)29-36)55-49(63)42(34(2)3)32-67-38-30-59(31-38)46(62)21-22-53(7,8)57(9)10/h13,17,19-20,23,27,34-36,38,42-44,56H,12,14-16,18,24-26,28-33H2,1-11H3,(H,55,63)/t35?,36-,42-,43-,44-/m0/s1. The summed E-state index contributed by atoms with van der Waals surface area (Å²) in [5.41, 5.74) is 8.71. The summed E-state index contributed by atoms with van der Waals surface area (Å²) in [5.74, 6) is 4.16. The average Bonchev–Trinajstić information content (AvgIpc) is 3.60. The number of nitrogens with one attached hydrogen (secondary N) is 2. The van der Waals surface area contributed by atoms with E-state index in [2.05, 4.69) is 77.1 Å². The summed E-state index contributed by atoms with van der Waals surface area (Å²) >= 11 is 0. The predicted molar refractivity (Wildman–Crippen MR) is 264 cm³/mol. The Balaban J connectivity index is 1.16. The summed E-state index contributed by atoms with van der Waals surface area (Å²) in [6, 6.07) is 9.32. The first-order valence-electron chi connectivity index (χ1n) is 24.8. The molecule has 3 amide bonds. The quantitative estimate of drug-likeness (QED) is 0.173. The van der Waals surface area contributed by atoms with Crippen LogP contribution in [0.2, 0.25) is 0 Å². The van der Waals surface area contributed by atoms with E-state index in [1.165, 1.54) is 10.6 Å². The number of anilines is 1. The molecular weight excluding hydrogens is 861 g/mol. The molecule has 4 aliphatic heterocycles. The van der Waals surface area contributed by atoms with Crippen molar-refractivity contribution in [2.45, 2.75) is 130 Å². The Hall–Kier alpha value is -5.01. The predicted octanol–water partition coefficient (Wildman–Crippen LogP) is 5.99. The number of esters is 1. The number of aryl methyl sites for hydroxylation is 1. The highest BCUT2D eigenvalue weighted by Crippen LogP contribution is 2.42. The zero-order valence-corrected chi connectivity index (χ0v) is 42.4. The van der Waals surface area contributed by atoms with Crippen molar-refractivity contribution in [1.82, 2.24) is 35.1 Å². The van der Waals surface area contributed by atoms with Crippen LogP contribution in [0.15, 0.2) is 36.5 Å². The lowest BCUT2D eigenvalue weighted by molar-refractivity contribution is -0.156. The summed E-state index contributed by atoms with van der Waals surface area (Å²) in [7, 11) is 5.57. The van der Waals surface area contributed by atoms with Crippen LogP contribution in [-0.4, -0.2) is 139 Å². The van der Waals surface area contributed by atoms with E-state index in [0.29, 0.717) is 45.3 Å². The maximum absolute atomic E-state index is 14.7. The normalized spacial score (nSPS) is 22.5. The van der Waals surface area contributed by atoms with Gasteiger partial charge in [0.1, 0.15) is 12.1 Å². The van der Waals surface area contributed by atoms with E-state index in [1.54, 1.807) is 12.0 Å². The van der Waals surface area contributed by atoms with Crippen molar-refractivity contribution in [2.24, 2.45) is 23.2 Å². The number of benzene rings is 1. The fraction of sp³-hybridized carbons (Fsp3) is 0.642. The van der Waals surface area contributed by atoms with Crippen LogP contribution in [0.5, 0.6) is 0 Å².